The van der Waals surface area contributed by atoms with E-state index in [-0.39, 0.29) is 5.91 Å². The van der Waals surface area contributed by atoms with E-state index in [1.165, 1.54) is 4.90 Å². The van der Waals surface area contributed by atoms with Gasteiger partial charge in [-0.25, -0.2) is 9.78 Å². The smallest absolute Gasteiger partial charge is 0.326 e. The van der Waals surface area contributed by atoms with Crippen LogP contribution in [0.3, 0.4) is 0 Å². The lowest BCUT2D eigenvalue weighted by Crippen LogP contribution is -2.40. The second kappa shape index (κ2) is 5.86. The Morgan fingerprint density at radius 3 is 2.95 bits per heavy atom. The molecule has 1 aromatic rings. The fourth-order valence-electron chi connectivity index (χ4n) is 2.51. The van der Waals surface area contributed by atoms with Crippen LogP contribution >= 0.6 is 0 Å². The number of aromatic nitrogens is 2. The maximum Gasteiger partial charge on any atom is 0.326 e. The first kappa shape index (κ1) is 13.6. The van der Waals surface area contributed by atoms with Crippen LogP contribution in [-0.4, -0.2) is 44.0 Å². The fourth-order valence-corrected chi connectivity index (χ4v) is 2.51. The summed E-state index contributed by atoms with van der Waals surface area (Å²) in [6.07, 6.45) is 6.07. The van der Waals surface area contributed by atoms with Gasteiger partial charge in [0.2, 0.25) is 5.91 Å². The highest BCUT2D eigenvalue weighted by Gasteiger charge is 2.33. The summed E-state index contributed by atoms with van der Waals surface area (Å²) >= 11 is 0. The summed E-state index contributed by atoms with van der Waals surface area (Å²) in [5, 5.41) is 9.04. The lowest BCUT2D eigenvalue weighted by atomic mass is 10.2. The first-order valence-electron chi connectivity index (χ1n) is 6.59. The normalized spacial score (nSPS) is 18.8. The number of amides is 1. The summed E-state index contributed by atoms with van der Waals surface area (Å²) in [6.45, 7) is 3.23. The van der Waals surface area contributed by atoms with Crippen LogP contribution < -0.4 is 0 Å². The van der Waals surface area contributed by atoms with Gasteiger partial charge in [0.15, 0.2) is 0 Å². The van der Waals surface area contributed by atoms with Gasteiger partial charge in [-0.3, -0.25) is 4.79 Å². The molecular weight excluding hydrogens is 246 g/mol. The molecule has 1 amide bonds. The lowest BCUT2D eigenvalue weighted by Gasteiger charge is -2.21. The topological polar surface area (TPSA) is 75.4 Å². The van der Waals surface area contributed by atoms with Crippen LogP contribution in [0.2, 0.25) is 0 Å². The second-order valence-corrected chi connectivity index (χ2v) is 4.85. The maximum atomic E-state index is 12.0. The summed E-state index contributed by atoms with van der Waals surface area (Å²) in [6, 6.07) is -0.623. The van der Waals surface area contributed by atoms with E-state index < -0.39 is 12.0 Å². The third-order valence-corrected chi connectivity index (χ3v) is 3.57. The summed E-state index contributed by atoms with van der Waals surface area (Å²) in [7, 11) is 0. The van der Waals surface area contributed by atoms with Crippen molar-refractivity contribution in [3.8, 4) is 0 Å². The van der Waals surface area contributed by atoms with Crippen LogP contribution in [-0.2, 0) is 16.1 Å². The van der Waals surface area contributed by atoms with Gasteiger partial charge in [-0.1, -0.05) is 0 Å². The van der Waals surface area contributed by atoms with Crippen molar-refractivity contribution in [1.29, 1.82) is 0 Å². The van der Waals surface area contributed by atoms with Crippen LogP contribution in [0.15, 0.2) is 12.4 Å². The molecule has 1 N–H and O–H groups in total. The fraction of sp³-hybridized carbons (Fsp3) is 0.615. The Morgan fingerprint density at radius 1 is 1.53 bits per heavy atom. The van der Waals surface area contributed by atoms with Crippen molar-refractivity contribution in [1.82, 2.24) is 14.5 Å². The number of aliphatic carboxylic acids is 1. The Balaban J connectivity index is 1.81. The molecule has 1 atom stereocenters. The Labute approximate surface area is 112 Å². The van der Waals surface area contributed by atoms with Crippen molar-refractivity contribution in [2.45, 2.75) is 45.2 Å². The minimum atomic E-state index is -0.892. The monoisotopic (exact) mass is 265 g/mol. The number of rotatable bonds is 5. The number of likely N-dealkylation sites (tertiary alicyclic amines) is 1. The molecule has 6 nitrogen and oxygen atoms in total. The largest absolute Gasteiger partial charge is 0.480 e. The third-order valence-electron chi connectivity index (χ3n) is 3.57. The van der Waals surface area contributed by atoms with Crippen molar-refractivity contribution in [2.75, 3.05) is 6.54 Å². The van der Waals surface area contributed by atoms with E-state index in [0.717, 1.165) is 18.8 Å². The standard InChI is InChI=1S/C13H19N3O3/c1-10-14-6-9-15(10)7-3-5-12(17)16-8-2-4-11(16)13(18)19/h6,9,11H,2-5,7-8H2,1H3,(H,18,19). The highest BCUT2D eigenvalue weighted by atomic mass is 16.4. The molecule has 1 unspecified atom stereocenters. The van der Waals surface area contributed by atoms with Gasteiger partial charge in [0, 0.05) is 31.9 Å². The van der Waals surface area contributed by atoms with Crippen molar-refractivity contribution in [3.05, 3.63) is 18.2 Å². The summed E-state index contributed by atoms with van der Waals surface area (Å²) < 4.78 is 1.99. The third kappa shape index (κ3) is 3.13. The highest BCUT2D eigenvalue weighted by Crippen LogP contribution is 2.19. The van der Waals surface area contributed by atoms with Crippen molar-refractivity contribution in [3.63, 3.8) is 0 Å². The number of carbonyl (C=O) groups excluding carboxylic acids is 1. The van der Waals surface area contributed by atoms with Crippen LogP contribution in [0, 0.1) is 6.92 Å². The molecule has 0 radical (unpaired) electrons. The van der Waals surface area contributed by atoms with Gasteiger partial charge < -0.3 is 14.6 Å². The molecule has 0 aromatic carbocycles. The molecule has 19 heavy (non-hydrogen) atoms. The van der Waals surface area contributed by atoms with Gasteiger partial charge in [-0.05, 0) is 26.2 Å². The van der Waals surface area contributed by atoms with Gasteiger partial charge in [0.1, 0.15) is 11.9 Å². The molecule has 1 aromatic heterocycles. The van der Waals surface area contributed by atoms with E-state index in [4.69, 9.17) is 5.11 Å². The Morgan fingerprint density at radius 2 is 2.32 bits per heavy atom. The molecule has 0 spiro atoms. The summed E-state index contributed by atoms with van der Waals surface area (Å²) in [5.74, 6) is -0.0176. The van der Waals surface area contributed by atoms with Crippen LogP contribution in [0.5, 0.6) is 0 Å². The molecule has 1 aliphatic heterocycles. The van der Waals surface area contributed by atoms with E-state index in [2.05, 4.69) is 4.98 Å². The Hall–Kier alpha value is -1.85. The zero-order valence-electron chi connectivity index (χ0n) is 11.1. The van der Waals surface area contributed by atoms with Crippen molar-refractivity contribution >= 4 is 11.9 Å². The number of aryl methyl sites for hydroxylation is 2. The minimum Gasteiger partial charge on any atom is -0.480 e. The number of hydrogen-bond acceptors (Lipinski definition) is 3. The minimum absolute atomic E-state index is 0.0531. The number of carboxylic acids is 1. The van der Waals surface area contributed by atoms with E-state index in [1.54, 1.807) is 6.20 Å². The predicted octanol–water partition coefficient (Wildman–Crippen LogP) is 1.05. The Kier molecular flexibility index (Phi) is 4.19. The first-order chi connectivity index (χ1) is 9.09. The molecule has 1 fully saturated rings. The average Bonchev–Trinajstić information content (AvgIpc) is 2.98. The number of carbonyl (C=O) groups is 2. The molecule has 2 rings (SSSR count). The maximum absolute atomic E-state index is 12.0. The highest BCUT2D eigenvalue weighted by molar-refractivity contribution is 5.84. The van der Waals surface area contributed by atoms with Gasteiger partial charge in [-0.2, -0.15) is 0 Å². The van der Waals surface area contributed by atoms with Gasteiger partial charge >= 0.3 is 5.97 Å². The van der Waals surface area contributed by atoms with Crippen molar-refractivity contribution in [2.24, 2.45) is 0 Å². The number of nitrogens with zero attached hydrogens (tertiary/aromatic N) is 3. The zero-order valence-corrected chi connectivity index (χ0v) is 11.1. The molecule has 2 heterocycles. The lowest BCUT2D eigenvalue weighted by molar-refractivity contribution is -0.148. The average molecular weight is 265 g/mol. The van der Waals surface area contributed by atoms with Crippen LogP contribution in [0.25, 0.3) is 0 Å². The first-order valence-corrected chi connectivity index (χ1v) is 6.59. The zero-order chi connectivity index (χ0) is 13.8. The Bertz CT molecular complexity index is 469. The van der Waals surface area contributed by atoms with Crippen LogP contribution in [0.4, 0.5) is 0 Å². The van der Waals surface area contributed by atoms with E-state index in [0.29, 0.717) is 25.8 Å². The van der Waals surface area contributed by atoms with Crippen LogP contribution in [0.1, 0.15) is 31.5 Å². The van der Waals surface area contributed by atoms with E-state index in [1.807, 2.05) is 17.7 Å². The van der Waals surface area contributed by atoms with E-state index >= 15 is 0 Å². The molecule has 1 saturated heterocycles. The van der Waals surface area contributed by atoms with Crippen molar-refractivity contribution < 1.29 is 14.7 Å². The second-order valence-electron chi connectivity index (χ2n) is 4.85. The summed E-state index contributed by atoms with van der Waals surface area (Å²) in [4.78, 5) is 28.6. The quantitative estimate of drug-likeness (QED) is 0.863. The molecule has 104 valence electrons. The molecular formula is C13H19N3O3. The molecule has 0 bridgehead atoms. The van der Waals surface area contributed by atoms with Gasteiger partial charge in [-0.15, -0.1) is 0 Å². The molecule has 6 heteroatoms. The number of hydrogen-bond donors (Lipinski definition) is 1. The number of carboxylic acid groups (broad SMARTS) is 1. The van der Waals surface area contributed by atoms with E-state index in [9.17, 15) is 9.59 Å². The molecule has 1 aliphatic rings. The van der Waals surface area contributed by atoms with Gasteiger partial charge in [0.05, 0.1) is 0 Å². The summed E-state index contributed by atoms with van der Waals surface area (Å²) in [5.41, 5.74) is 0. The number of imidazole rings is 1. The van der Waals surface area contributed by atoms with Gasteiger partial charge in [0.25, 0.3) is 0 Å². The predicted molar refractivity (Wildman–Crippen MR) is 68.6 cm³/mol. The molecule has 0 aliphatic carbocycles. The molecule has 0 saturated carbocycles. The SMILES string of the molecule is Cc1nccn1CCCC(=O)N1CCCC1C(=O)O.